The molecule has 0 aliphatic carbocycles. The lowest BCUT2D eigenvalue weighted by Crippen LogP contribution is -2.66. The summed E-state index contributed by atoms with van der Waals surface area (Å²) in [5.41, 5.74) is 1.17. The van der Waals surface area contributed by atoms with E-state index >= 15 is 0 Å². The quantitative estimate of drug-likeness (QED) is 0.226. The summed E-state index contributed by atoms with van der Waals surface area (Å²) in [6, 6.07) is 27.5. The lowest BCUT2D eigenvalue weighted by Gasteiger charge is -2.43. The second-order valence-electron chi connectivity index (χ2n) is 10.2. The average molecular weight is 546 g/mol. The summed E-state index contributed by atoms with van der Waals surface area (Å²) in [6.07, 6.45) is 2.86. The predicted molar refractivity (Wildman–Crippen MR) is 160 cm³/mol. The SMILES string of the molecule is C.CC[C@@H](OC)[C@H](CCO[Si](c1ccccc1)(c1ccccc1)C(C)(C)C)Cc1ccc(Cl)c(Cl)c1. The van der Waals surface area contributed by atoms with Gasteiger partial charge in [0.25, 0.3) is 8.32 Å². The zero-order valence-corrected chi connectivity index (χ0v) is 24.1. The topological polar surface area (TPSA) is 18.5 Å². The molecule has 0 aromatic heterocycles. The smallest absolute Gasteiger partial charge is 0.261 e. The minimum Gasteiger partial charge on any atom is -0.407 e. The van der Waals surface area contributed by atoms with E-state index in [1.165, 1.54) is 15.9 Å². The summed E-state index contributed by atoms with van der Waals surface area (Å²) in [5.74, 6) is 0.306. The molecular weight excluding hydrogens is 503 g/mol. The van der Waals surface area contributed by atoms with E-state index in [2.05, 4.69) is 94.4 Å². The van der Waals surface area contributed by atoms with E-state index in [1.54, 1.807) is 7.11 Å². The summed E-state index contributed by atoms with van der Waals surface area (Å²) in [6.45, 7) is 9.79. The van der Waals surface area contributed by atoms with Gasteiger partial charge in [-0.15, -0.1) is 0 Å². The van der Waals surface area contributed by atoms with Crippen LogP contribution in [0.25, 0.3) is 0 Å². The lowest BCUT2D eigenvalue weighted by molar-refractivity contribution is 0.0394. The first kappa shape index (κ1) is 30.6. The summed E-state index contributed by atoms with van der Waals surface area (Å²) < 4.78 is 13.1. The fraction of sp³-hybridized carbons (Fsp3) is 0.419. The van der Waals surface area contributed by atoms with Crippen molar-refractivity contribution in [3.05, 3.63) is 94.5 Å². The van der Waals surface area contributed by atoms with Gasteiger partial charge in [0.2, 0.25) is 0 Å². The number of halogens is 2. The largest absolute Gasteiger partial charge is 0.407 e. The van der Waals surface area contributed by atoms with Gasteiger partial charge in [-0.1, -0.05) is 125 Å². The van der Waals surface area contributed by atoms with Crippen molar-refractivity contribution in [3.63, 3.8) is 0 Å². The highest BCUT2D eigenvalue weighted by molar-refractivity contribution is 6.99. The Hall–Kier alpha value is -1.62. The summed E-state index contributed by atoms with van der Waals surface area (Å²) in [4.78, 5) is 0. The first-order valence-electron chi connectivity index (χ1n) is 12.4. The number of hydrogen-bond donors (Lipinski definition) is 0. The minimum atomic E-state index is -2.56. The molecule has 3 aromatic rings. The Kier molecular flexibility index (Phi) is 11.7. The Labute approximate surface area is 230 Å². The van der Waals surface area contributed by atoms with E-state index in [0.29, 0.717) is 22.6 Å². The Balaban J connectivity index is 0.00000456. The fourth-order valence-electron chi connectivity index (χ4n) is 5.21. The van der Waals surface area contributed by atoms with Gasteiger partial charge in [0.15, 0.2) is 0 Å². The third kappa shape index (κ3) is 7.02. The molecule has 36 heavy (non-hydrogen) atoms. The minimum absolute atomic E-state index is 0. The highest BCUT2D eigenvalue weighted by Crippen LogP contribution is 2.37. The maximum absolute atomic E-state index is 7.15. The zero-order chi connectivity index (χ0) is 25.5. The summed E-state index contributed by atoms with van der Waals surface area (Å²) >= 11 is 12.5. The van der Waals surface area contributed by atoms with Crippen LogP contribution in [0.2, 0.25) is 15.1 Å². The second-order valence-corrected chi connectivity index (χ2v) is 15.3. The molecule has 0 aliphatic heterocycles. The Morgan fingerprint density at radius 1 is 0.833 bits per heavy atom. The van der Waals surface area contributed by atoms with Gasteiger partial charge in [-0.05, 0) is 58.3 Å². The molecule has 0 radical (unpaired) electrons. The van der Waals surface area contributed by atoms with Gasteiger partial charge in [-0.2, -0.15) is 0 Å². The van der Waals surface area contributed by atoms with Gasteiger partial charge in [0.05, 0.1) is 16.1 Å². The molecule has 3 aromatic carbocycles. The van der Waals surface area contributed by atoms with Crippen molar-refractivity contribution in [3.8, 4) is 0 Å². The van der Waals surface area contributed by atoms with Gasteiger partial charge in [0, 0.05) is 13.7 Å². The van der Waals surface area contributed by atoms with Crippen LogP contribution in [0.4, 0.5) is 0 Å². The molecular formula is C31H42Cl2O2Si. The van der Waals surface area contributed by atoms with Crippen LogP contribution < -0.4 is 10.4 Å². The molecule has 0 bridgehead atoms. The van der Waals surface area contributed by atoms with Crippen LogP contribution in [-0.4, -0.2) is 28.1 Å². The number of methoxy groups -OCH3 is 1. The first-order chi connectivity index (χ1) is 16.7. The highest BCUT2D eigenvalue weighted by atomic mass is 35.5. The summed E-state index contributed by atoms with van der Waals surface area (Å²) in [7, 11) is -0.755. The Morgan fingerprint density at radius 2 is 1.39 bits per heavy atom. The van der Waals surface area contributed by atoms with E-state index in [0.717, 1.165) is 19.3 Å². The molecule has 0 unspecified atom stereocenters. The van der Waals surface area contributed by atoms with Crippen molar-refractivity contribution in [2.75, 3.05) is 13.7 Å². The molecule has 0 saturated carbocycles. The average Bonchev–Trinajstić information content (AvgIpc) is 2.85. The second kappa shape index (κ2) is 13.8. The van der Waals surface area contributed by atoms with Crippen molar-refractivity contribution in [1.29, 1.82) is 0 Å². The van der Waals surface area contributed by atoms with Gasteiger partial charge in [0.1, 0.15) is 0 Å². The van der Waals surface area contributed by atoms with E-state index in [9.17, 15) is 0 Å². The molecule has 0 amide bonds. The molecule has 0 saturated heterocycles. The van der Waals surface area contributed by atoms with Crippen LogP contribution in [0.1, 0.15) is 53.5 Å². The Morgan fingerprint density at radius 3 is 1.83 bits per heavy atom. The van der Waals surface area contributed by atoms with Crippen LogP contribution in [0.15, 0.2) is 78.9 Å². The van der Waals surface area contributed by atoms with Crippen LogP contribution in [-0.2, 0) is 15.6 Å². The van der Waals surface area contributed by atoms with Crippen molar-refractivity contribution in [2.45, 2.75) is 65.5 Å². The maximum atomic E-state index is 7.15. The number of hydrogen-bond acceptors (Lipinski definition) is 2. The normalized spacial score (nSPS) is 13.6. The van der Waals surface area contributed by atoms with Crippen LogP contribution >= 0.6 is 23.2 Å². The van der Waals surface area contributed by atoms with Crippen molar-refractivity contribution in [2.24, 2.45) is 5.92 Å². The third-order valence-corrected chi connectivity index (χ3v) is 12.7. The van der Waals surface area contributed by atoms with E-state index in [1.807, 2.05) is 12.1 Å². The number of rotatable bonds is 11. The van der Waals surface area contributed by atoms with Crippen molar-refractivity contribution in [1.82, 2.24) is 0 Å². The molecule has 5 heteroatoms. The van der Waals surface area contributed by atoms with Crippen molar-refractivity contribution >= 4 is 41.9 Å². The monoisotopic (exact) mass is 544 g/mol. The third-order valence-electron chi connectivity index (χ3n) is 6.94. The van der Waals surface area contributed by atoms with Gasteiger partial charge in [-0.25, -0.2) is 0 Å². The molecule has 2 atom stereocenters. The number of ether oxygens (including phenoxy) is 1. The Bertz CT molecular complexity index is 1010. The lowest BCUT2D eigenvalue weighted by atomic mass is 9.90. The van der Waals surface area contributed by atoms with Gasteiger partial charge < -0.3 is 9.16 Å². The fourth-order valence-corrected chi connectivity index (χ4v) is 10.1. The van der Waals surface area contributed by atoms with Crippen LogP contribution in [0.5, 0.6) is 0 Å². The summed E-state index contributed by atoms with van der Waals surface area (Å²) in [5, 5.41) is 3.75. The molecule has 0 N–H and O–H groups in total. The molecule has 0 heterocycles. The molecule has 0 aliphatic rings. The number of benzene rings is 3. The van der Waals surface area contributed by atoms with Crippen molar-refractivity contribution < 1.29 is 9.16 Å². The first-order valence-corrected chi connectivity index (χ1v) is 15.1. The zero-order valence-electron chi connectivity index (χ0n) is 21.6. The standard InChI is InChI=1S/C30H38Cl2O2Si.CH4/c1-6-29(33-5)24(21-23-17-18-27(31)28(32)22-23)19-20-34-35(30(2,3)4,25-13-9-7-10-14-25)26-15-11-8-12-16-26;/h7-18,22,24,29H,6,19-21H2,1-5H3;1H4/t24-,29-;/m1./s1. The van der Waals surface area contributed by atoms with Gasteiger partial charge >= 0.3 is 0 Å². The maximum Gasteiger partial charge on any atom is 0.261 e. The van der Waals surface area contributed by atoms with E-state index < -0.39 is 8.32 Å². The molecule has 0 spiro atoms. The van der Waals surface area contributed by atoms with Crippen LogP contribution in [0.3, 0.4) is 0 Å². The molecule has 0 fully saturated rings. The van der Waals surface area contributed by atoms with Gasteiger partial charge in [-0.3, -0.25) is 0 Å². The molecule has 3 rings (SSSR count). The van der Waals surface area contributed by atoms with E-state index in [-0.39, 0.29) is 18.6 Å². The molecule has 196 valence electrons. The van der Waals surface area contributed by atoms with E-state index in [4.69, 9.17) is 32.4 Å². The van der Waals surface area contributed by atoms with Crippen LogP contribution in [0, 0.1) is 5.92 Å². The predicted octanol–water partition coefficient (Wildman–Crippen LogP) is 8.18. The molecule has 2 nitrogen and oxygen atoms in total. The highest BCUT2D eigenvalue weighted by Gasteiger charge is 2.50.